The molecule has 1 aromatic heterocycles. The van der Waals surface area contributed by atoms with Gasteiger partial charge in [-0.25, -0.2) is 0 Å². The molecule has 6 nitrogen and oxygen atoms in total. The molecule has 1 fully saturated rings. The van der Waals surface area contributed by atoms with Crippen LogP contribution in [0.1, 0.15) is 44.2 Å². The molecular formula is C20H29ClIN5O. The summed E-state index contributed by atoms with van der Waals surface area (Å²) in [5.41, 5.74) is 0.459. The van der Waals surface area contributed by atoms with E-state index in [1.165, 1.54) is 0 Å². The van der Waals surface area contributed by atoms with Crippen molar-refractivity contribution < 1.29 is 5.11 Å². The molecule has 0 aliphatic heterocycles. The zero-order chi connectivity index (χ0) is 19.1. The Morgan fingerprint density at radius 3 is 2.61 bits per heavy atom. The van der Waals surface area contributed by atoms with Crippen molar-refractivity contribution in [3.05, 3.63) is 53.3 Å². The molecule has 1 aliphatic rings. The van der Waals surface area contributed by atoms with E-state index >= 15 is 0 Å². The molecule has 0 bridgehead atoms. The highest BCUT2D eigenvalue weighted by Crippen LogP contribution is 2.29. The molecule has 8 heteroatoms. The fourth-order valence-corrected chi connectivity index (χ4v) is 3.59. The van der Waals surface area contributed by atoms with Crippen molar-refractivity contribution in [1.29, 1.82) is 0 Å². The first-order valence-corrected chi connectivity index (χ1v) is 9.96. The van der Waals surface area contributed by atoms with Gasteiger partial charge in [0.1, 0.15) is 0 Å². The summed E-state index contributed by atoms with van der Waals surface area (Å²) in [7, 11) is 0. The maximum atomic E-state index is 10.6. The number of hydrogen-bond acceptors (Lipinski definition) is 3. The number of halogens is 2. The molecule has 0 spiro atoms. The van der Waals surface area contributed by atoms with Crippen molar-refractivity contribution in [2.75, 3.05) is 19.6 Å². The van der Waals surface area contributed by atoms with Crippen molar-refractivity contribution in [3.63, 3.8) is 0 Å². The van der Waals surface area contributed by atoms with Crippen LogP contribution in [0.15, 0.2) is 47.7 Å². The fraction of sp³-hybridized carbons (Fsp3) is 0.500. The summed E-state index contributed by atoms with van der Waals surface area (Å²) >= 11 is 6.04. The fourth-order valence-electron chi connectivity index (χ4n) is 3.47. The molecule has 0 radical (unpaired) electrons. The molecule has 2 aromatic rings. The zero-order valence-corrected chi connectivity index (χ0v) is 19.2. The summed E-state index contributed by atoms with van der Waals surface area (Å²) in [6.07, 6.45) is 7.54. The van der Waals surface area contributed by atoms with Crippen LogP contribution < -0.4 is 10.6 Å². The van der Waals surface area contributed by atoms with E-state index < -0.39 is 5.60 Å². The molecule has 3 N–H and O–H groups in total. The minimum absolute atomic E-state index is 0. The quantitative estimate of drug-likeness (QED) is 0.298. The first-order chi connectivity index (χ1) is 13.1. The predicted octanol–water partition coefficient (Wildman–Crippen LogP) is 3.60. The monoisotopic (exact) mass is 517 g/mol. The molecular weight excluding hydrogens is 489 g/mol. The number of guanidine groups is 1. The van der Waals surface area contributed by atoms with Gasteiger partial charge in [0.2, 0.25) is 0 Å². The highest BCUT2D eigenvalue weighted by atomic mass is 127. The van der Waals surface area contributed by atoms with E-state index in [2.05, 4.69) is 20.7 Å². The normalized spacial score (nSPS) is 17.0. The second-order valence-electron chi connectivity index (χ2n) is 7.06. The maximum Gasteiger partial charge on any atom is 0.191 e. The smallest absolute Gasteiger partial charge is 0.191 e. The number of nitrogens with one attached hydrogen (secondary N) is 2. The molecule has 0 saturated heterocycles. The second kappa shape index (κ2) is 11.0. The second-order valence-corrected chi connectivity index (χ2v) is 7.50. The van der Waals surface area contributed by atoms with E-state index in [4.69, 9.17) is 11.6 Å². The van der Waals surface area contributed by atoms with Gasteiger partial charge in [-0.3, -0.25) is 9.67 Å². The van der Waals surface area contributed by atoms with Crippen LogP contribution >= 0.6 is 35.6 Å². The van der Waals surface area contributed by atoms with E-state index in [-0.39, 0.29) is 30.0 Å². The Hall–Kier alpha value is -1.32. The summed E-state index contributed by atoms with van der Waals surface area (Å²) in [4.78, 5) is 4.62. The van der Waals surface area contributed by atoms with Gasteiger partial charge in [-0.1, -0.05) is 36.6 Å². The predicted molar refractivity (Wildman–Crippen MR) is 125 cm³/mol. The Morgan fingerprint density at radius 2 is 2.00 bits per heavy atom. The Balaban J connectivity index is 0.00000280. The topological polar surface area (TPSA) is 74.5 Å². The lowest BCUT2D eigenvalue weighted by molar-refractivity contribution is 0.0574. The molecule has 154 valence electrons. The van der Waals surface area contributed by atoms with E-state index in [1.54, 1.807) is 6.20 Å². The summed E-state index contributed by atoms with van der Waals surface area (Å²) in [5.74, 6) is 0.712. The van der Waals surface area contributed by atoms with Gasteiger partial charge >= 0.3 is 0 Å². The van der Waals surface area contributed by atoms with Gasteiger partial charge in [-0.15, -0.1) is 24.0 Å². The molecule has 0 amide bonds. The summed E-state index contributed by atoms with van der Waals surface area (Å²) in [6, 6.07) is 9.74. The highest BCUT2D eigenvalue weighted by molar-refractivity contribution is 14.0. The largest absolute Gasteiger partial charge is 0.388 e. The molecule has 1 atom stereocenters. The Kier molecular flexibility index (Phi) is 9.04. The number of hydrogen-bond donors (Lipinski definition) is 3. The van der Waals surface area contributed by atoms with Crippen LogP contribution in [0.2, 0.25) is 5.02 Å². The summed E-state index contributed by atoms with van der Waals surface area (Å²) in [6.45, 7) is 3.84. The first kappa shape index (κ1) is 23.0. The third-order valence-corrected chi connectivity index (χ3v) is 5.22. The maximum absolute atomic E-state index is 10.6. The lowest BCUT2D eigenvalue weighted by atomic mass is 10.0. The van der Waals surface area contributed by atoms with Crippen molar-refractivity contribution in [2.45, 2.75) is 44.2 Å². The van der Waals surface area contributed by atoms with Gasteiger partial charge in [0.05, 0.1) is 18.2 Å². The number of nitrogens with zero attached hydrogens (tertiary/aromatic N) is 3. The van der Waals surface area contributed by atoms with Crippen molar-refractivity contribution >= 4 is 41.5 Å². The van der Waals surface area contributed by atoms with E-state index in [0.29, 0.717) is 24.1 Å². The summed E-state index contributed by atoms with van der Waals surface area (Å²) in [5, 5.41) is 22.3. The molecule has 1 heterocycles. The molecule has 1 saturated carbocycles. The third-order valence-electron chi connectivity index (χ3n) is 4.97. The van der Waals surface area contributed by atoms with Crippen LogP contribution in [0, 0.1) is 0 Å². The van der Waals surface area contributed by atoms with Crippen LogP contribution in [-0.4, -0.2) is 46.1 Å². The lowest BCUT2D eigenvalue weighted by Crippen LogP contribution is -2.42. The van der Waals surface area contributed by atoms with Crippen LogP contribution in [0.3, 0.4) is 0 Å². The van der Waals surface area contributed by atoms with Crippen molar-refractivity contribution in [1.82, 2.24) is 20.4 Å². The Labute approximate surface area is 188 Å². The average molecular weight is 518 g/mol. The van der Waals surface area contributed by atoms with Crippen LogP contribution in [0.4, 0.5) is 0 Å². The van der Waals surface area contributed by atoms with Crippen molar-refractivity contribution in [2.24, 2.45) is 4.99 Å². The van der Waals surface area contributed by atoms with Crippen molar-refractivity contribution in [3.8, 4) is 0 Å². The molecule has 28 heavy (non-hydrogen) atoms. The lowest BCUT2D eigenvalue weighted by Gasteiger charge is -2.23. The van der Waals surface area contributed by atoms with Gasteiger partial charge < -0.3 is 15.7 Å². The number of rotatable bonds is 7. The van der Waals surface area contributed by atoms with Gasteiger partial charge in [-0.05, 0) is 43.5 Å². The van der Waals surface area contributed by atoms with Crippen LogP contribution in [0.25, 0.3) is 0 Å². The minimum atomic E-state index is -0.653. The number of aliphatic imine (C=N–C) groups is 1. The van der Waals surface area contributed by atoms with Gasteiger partial charge in [0.15, 0.2) is 5.96 Å². The molecule has 1 aliphatic carbocycles. The molecule has 3 rings (SSSR count). The van der Waals surface area contributed by atoms with E-state index in [1.807, 2.05) is 48.1 Å². The standard InChI is InChI=1S/C20H28ClN5O.HI/c1-2-22-19(24-15-20(27)10-3-4-11-20)23-14-18(26-13-5-12-25-26)16-6-8-17(21)9-7-16;/h5-9,12-13,18,27H,2-4,10-11,14-15H2,1H3,(H2,22,23,24);1H. The average Bonchev–Trinajstić information content (AvgIpc) is 3.34. The van der Waals surface area contributed by atoms with Gasteiger partial charge in [0.25, 0.3) is 0 Å². The Bertz CT molecular complexity index is 730. The number of aliphatic hydroxyl groups is 1. The van der Waals surface area contributed by atoms with Crippen LogP contribution in [0.5, 0.6) is 0 Å². The zero-order valence-electron chi connectivity index (χ0n) is 16.1. The van der Waals surface area contributed by atoms with E-state index in [0.717, 1.165) is 37.8 Å². The molecule has 1 aromatic carbocycles. The number of benzene rings is 1. The van der Waals surface area contributed by atoms with Gasteiger partial charge in [-0.2, -0.15) is 5.10 Å². The van der Waals surface area contributed by atoms with Gasteiger partial charge in [0, 0.05) is 30.5 Å². The third kappa shape index (κ3) is 6.35. The summed E-state index contributed by atoms with van der Waals surface area (Å²) < 4.78 is 1.92. The minimum Gasteiger partial charge on any atom is -0.388 e. The highest BCUT2D eigenvalue weighted by Gasteiger charge is 2.30. The van der Waals surface area contributed by atoms with Crippen LogP contribution in [-0.2, 0) is 0 Å². The van der Waals surface area contributed by atoms with E-state index in [9.17, 15) is 5.11 Å². The SMILES string of the molecule is CCNC(=NCC1(O)CCCC1)NCC(c1ccc(Cl)cc1)n1cccn1.I. The Morgan fingerprint density at radius 1 is 1.29 bits per heavy atom. The first-order valence-electron chi connectivity index (χ1n) is 9.59. The number of aromatic nitrogens is 2. The molecule has 1 unspecified atom stereocenters.